The fourth-order valence-electron chi connectivity index (χ4n) is 3.34. The predicted octanol–water partition coefficient (Wildman–Crippen LogP) is 1.54. The predicted molar refractivity (Wildman–Crippen MR) is 87.6 cm³/mol. The van der Waals surface area contributed by atoms with Crippen LogP contribution in [0.15, 0.2) is 18.6 Å². The van der Waals surface area contributed by atoms with Crippen LogP contribution in [0, 0.1) is 5.92 Å². The van der Waals surface area contributed by atoms with Crippen molar-refractivity contribution in [2.24, 2.45) is 5.92 Å². The van der Waals surface area contributed by atoms with Crippen molar-refractivity contribution in [2.75, 3.05) is 30.3 Å². The summed E-state index contributed by atoms with van der Waals surface area (Å²) in [6.07, 6.45) is 5.31. The lowest BCUT2D eigenvalue weighted by Gasteiger charge is -2.39. The zero-order valence-electron chi connectivity index (χ0n) is 12.3. The molecule has 7 heteroatoms. The summed E-state index contributed by atoms with van der Waals surface area (Å²) in [6.45, 7) is 1.81. The van der Waals surface area contributed by atoms with Gasteiger partial charge in [0.15, 0.2) is 0 Å². The van der Waals surface area contributed by atoms with Crippen LogP contribution in [-0.2, 0) is 4.79 Å². The van der Waals surface area contributed by atoms with Crippen molar-refractivity contribution >= 4 is 34.5 Å². The summed E-state index contributed by atoms with van der Waals surface area (Å²) in [4.78, 5) is 22.9. The lowest BCUT2D eigenvalue weighted by atomic mass is 9.79. The number of thioether (sulfide) groups is 1. The van der Waals surface area contributed by atoms with E-state index in [1.807, 2.05) is 28.9 Å². The minimum absolute atomic E-state index is 0.171. The number of fused-ring (bicyclic) bond motifs is 1. The molecule has 0 unspecified atom stereocenters. The summed E-state index contributed by atoms with van der Waals surface area (Å²) in [5.74, 6) is 3.16. The van der Waals surface area contributed by atoms with Gasteiger partial charge < -0.3 is 15.2 Å². The third kappa shape index (κ3) is 2.24. The molecule has 0 bridgehead atoms. The first-order chi connectivity index (χ1) is 10.7. The topological polar surface area (TPSA) is 77.0 Å². The summed E-state index contributed by atoms with van der Waals surface area (Å²) < 4.78 is 2.14. The molecule has 0 spiro atoms. The van der Waals surface area contributed by atoms with Crippen LogP contribution in [0.5, 0.6) is 0 Å². The Hall–Kier alpha value is -1.76. The number of hydrogen-bond acceptors (Lipinski definition) is 5. The van der Waals surface area contributed by atoms with Crippen molar-refractivity contribution in [1.29, 1.82) is 0 Å². The van der Waals surface area contributed by atoms with Gasteiger partial charge in [0, 0.05) is 42.8 Å². The highest BCUT2D eigenvalue weighted by molar-refractivity contribution is 7.99. The van der Waals surface area contributed by atoms with Crippen molar-refractivity contribution in [3.63, 3.8) is 0 Å². The van der Waals surface area contributed by atoms with Crippen molar-refractivity contribution < 1.29 is 4.79 Å². The molecule has 0 radical (unpaired) electrons. The summed E-state index contributed by atoms with van der Waals surface area (Å²) >= 11 is 1.93. The SMILES string of the molecule is Nc1ncnc2c1ccn2C1CC(C(=O)N2CCSCC2)C1. The van der Waals surface area contributed by atoms with Gasteiger partial charge in [0.2, 0.25) is 5.91 Å². The van der Waals surface area contributed by atoms with Gasteiger partial charge in [0.1, 0.15) is 17.8 Å². The lowest BCUT2D eigenvalue weighted by Crippen LogP contribution is -2.45. The number of nitrogens with zero attached hydrogens (tertiary/aromatic N) is 4. The molecule has 2 fully saturated rings. The van der Waals surface area contributed by atoms with Crippen LogP contribution in [-0.4, -0.2) is 49.9 Å². The first-order valence-corrected chi connectivity index (χ1v) is 8.83. The van der Waals surface area contributed by atoms with Crippen LogP contribution >= 0.6 is 11.8 Å². The number of rotatable bonds is 2. The van der Waals surface area contributed by atoms with E-state index in [0.717, 1.165) is 48.5 Å². The van der Waals surface area contributed by atoms with Gasteiger partial charge in [-0.25, -0.2) is 9.97 Å². The number of anilines is 1. The molecule has 1 amide bonds. The van der Waals surface area contributed by atoms with E-state index >= 15 is 0 Å². The third-order valence-electron chi connectivity index (χ3n) is 4.72. The highest BCUT2D eigenvalue weighted by Gasteiger charge is 2.38. The number of amides is 1. The van der Waals surface area contributed by atoms with E-state index in [0.29, 0.717) is 17.8 Å². The van der Waals surface area contributed by atoms with E-state index in [9.17, 15) is 4.79 Å². The molecule has 1 saturated carbocycles. The van der Waals surface area contributed by atoms with Crippen molar-refractivity contribution in [2.45, 2.75) is 18.9 Å². The monoisotopic (exact) mass is 317 g/mol. The first-order valence-electron chi connectivity index (χ1n) is 7.67. The number of aromatic nitrogens is 3. The van der Waals surface area contributed by atoms with E-state index < -0.39 is 0 Å². The van der Waals surface area contributed by atoms with Crippen molar-refractivity contribution in [3.8, 4) is 0 Å². The van der Waals surface area contributed by atoms with E-state index in [2.05, 4.69) is 14.5 Å². The number of nitrogens with two attached hydrogens (primary N) is 1. The molecule has 1 aliphatic carbocycles. The molecule has 6 nitrogen and oxygen atoms in total. The molecule has 22 heavy (non-hydrogen) atoms. The maximum atomic E-state index is 12.5. The third-order valence-corrected chi connectivity index (χ3v) is 5.66. The second kappa shape index (κ2) is 5.46. The zero-order valence-corrected chi connectivity index (χ0v) is 13.1. The summed E-state index contributed by atoms with van der Waals surface area (Å²) in [5, 5.41) is 0.894. The van der Waals surface area contributed by atoms with Crippen LogP contribution in [0.25, 0.3) is 11.0 Å². The highest BCUT2D eigenvalue weighted by Crippen LogP contribution is 2.41. The normalized spacial score (nSPS) is 25.2. The Morgan fingerprint density at radius 3 is 2.82 bits per heavy atom. The quantitative estimate of drug-likeness (QED) is 0.909. The Morgan fingerprint density at radius 1 is 1.27 bits per heavy atom. The maximum absolute atomic E-state index is 12.5. The molecular formula is C15H19N5OS. The van der Waals surface area contributed by atoms with Crippen LogP contribution in [0.3, 0.4) is 0 Å². The number of carbonyl (C=O) groups excluding carboxylic acids is 1. The molecule has 1 saturated heterocycles. The summed E-state index contributed by atoms with van der Waals surface area (Å²) in [7, 11) is 0. The Balaban J connectivity index is 1.46. The fourth-order valence-corrected chi connectivity index (χ4v) is 4.25. The van der Waals surface area contributed by atoms with Gasteiger partial charge in [0.25, 0.3) is 0 Å². The zero-order chi connectivity index (χ0) is 15.1. The van der Waals surface area contributed by atoms with Crippen LogP contribution in [0.4, 0.5) is 5.82 Å². The number of carbonyl (C=O) groups is 1. The average molecular weight is 317 g/mol. The van der Waals surface area contributed by atoms with Crippen LogP contribution in [0.2, 0.25) is 0 Å². The van der Waals surface area contributed by atoms with Gasteiger partial charge in [0.05, 0.1) is 5.39 Å². The Morgan fingerprint density at radius 2 is 2.05 bits per heavy atom. The van der Waals surface area contributed by atoms with Gasteiger partial charge in [-0.15, -0.1) is 0 Å². The van der Waals surface area contributed by atoms with Gasteiger partial charge in [-0.3, -0.25) is 4.79 Å². The molecule has 3 heterocycles. The fraction of sp³-hybridized carbons (Fsp3) is 0.533. The molecule has 2 N–H and O–H groups in total. The van der Waals surface area contributed by atoms with Gasteiger partial charge >= 0.3 is 0 Å². The van der Waals surface area contributed by atoms with Gasteiger partial charge in [-0.1, -0.05) is 0 Å². The molecule has 1 aliphatic heterocycles. The van der Waals surface area contributed by atoms with Crippen molar-refractivity contribution in [3.05, 3.63) is 18.6 Å². The summed E-state index contributed by atoms with van der Waals surface area (Å²) in [5.41, 5.74) is 6.75. The second-order valence-electron chi connectivity index (χ2n) is 5.98. The smallest absolute Gasteiger partial charge is 0.225 e. The summed E-state index contributed by atoms with van der Waals surface area (Å²) in [6, 6.07) is 2.31. The second-order valence-corrected chi connectivity index (χ2v) is 7.20. The standard InChI is InChI=1S/C15H19N5OS/c16-13-12-1-2-20(14(12)18-9-17-13)11-7-10(8-11)15(21)19-3-5-22-6-4-19/h1-2,9-11H,3-8H2,(H2,16,17,18). The van der Waals surface area contributed by atoms with E-state index in [4.69, 9.17) is 5.73 Å². The van der Waals surface area contributed by atoms with Crippen LogP contribution < -0.4 is 5.73 Å². The van der Waals surface area contributed by atoms with Crippen molar-refractivity contribution in [1.82, 2.24) is 19.4 Å². The Bertz CT molecular complexity index is 703. The molecule has 0 atom stereocenters. The van der Waals surface area contributed by atoms with E-state index in [-0.39, 0.29) is 5.92 Å². The molecule has 2 aliphatic rings. The largest absolute Gasteiger partial charge is 0.383 e. The number of hydrogen-bond donors (Lipinski definition) is 1. The molecule has 4 rings (SSSR count). The molecule has 2 aromatic rings. The Labute approximate surface area is 133 Å². The first kappa shape index (κ1) is 13.9. The maximum Gasteiger partial charge on any atom is 0.225 e. The van der Waals surface area contributed by atoms with Gasteiger partial charge in [-0.05, 0) is 18.9 Å². The van der Waals surface area contributed by atoms with Crippen LogP contribution in [0.1, 0.15) is 18.9 Å². The highest BCUT2D eigenvalue weighted by atomic mass is 32.2. The molecular weight excluding hydrogens is 298 g/mol. The van der Waals surface area contributed by atoms with Gasteiger partial charge in [-0.2, -0.15) is 11.8 Å². The van der Waals surface area contributed by atoms with E-state index in [1.165, 1.54) is 6.33 Å². The minimum Gasteiger partial charge on any atom is -0.383 e. The lowest BCUT2D eigenvalue weighted by molar-refractivity contribution is -0.139. The molecule has 2 aromatic heterocycles. The molecule has 0 aromatic carbocycles. The molecule has 116 valence electrons. The van der Waals surface area contributed by atoms with E-state index in [1.54, 1.807) is 0 Å². The number of nitrogen functional groups attached to an aromatic ring is 1. The minimum atomic E-state index is 0.171. The average Bonchev–Trinajstić information content (AvgIpc) is 2.92. The Kier molecular flexibility index (Phi) is 3.44.